The van der Waals surface area contributed by atoms with E-state index in [-0.39, 0.29) is 18.1 Å². The minimum Gasteiger partial charge on any atom is -0.394 e. The van der Waals surface area contributed by atoms with Crippen molar-refractivity contribution in [3.63, 3.8) is 0 Å². The summed E-state index contributed by atoms with van der Waals surface area (Å²) in [6, 6.07) is 0. The van der Waals surface area contributed by atoms with Crippen molar-refractivity contribution in [1.29, 1.82) is 0 Å². The second-order valence-corrected chi connectivity index (χ2v) is 5.81. The molecule has 0 aromatic carbocycles. The third-order valence-corrected chi connectivity index (χ3v) is 4.01. The largest absolute Gasteiger partial charge is 0.394 e. The molecule has 0 aromatic heterocycles. The standard InChI is InChI=1S/C10H19NO4S/c1-10(2)14-7(6(13)5-12)8(15-10)9-11-3-4-16-9/h6-9,11-13H,3-5H2,1-2H3/t6-,7?,8?,9+/m1/s1. The van der Waals surface area contributed by atoms with Crippen LogP contribution in [0.1, 0.15) is 13.8 Å². The Morgan fingerprint density at radius 3 is 2.81 bits per heavy atom. The number of hydrogen-bond donors (Lipinski definition) is 3. The molecule has 16 heavy (non-hydrogen) atoms. The molecule has 0 spiro atoms. The van der Waals surface area contributed by atoms with E-state index < -0.39 is 18.0 Å². The van der Waals surface area contributed by atoms with Crippen LogP contribution in [-0.4, -0.2) is 58.6 Å². The van der Waals surface area contributed by atoms with Gasteiger partial charge in [-0.1, -0.05) is 0 Å². The van der Waals surface area contributed by atoms with E-state index in [1.807, 2.05) is 13.8 Å². The lowest BCUT2D eigenvalue weighted by atomic mass is 10.1. The fourth-order valence-electron chi connectivity index (χ4n) is 2.11. The van der Waals surface area contributed by atoms with Crippen LogP contribution in [0.25, 0.3) is 0 Å². The van der Waals surface area contributed by atoms with Crippen LogP contribution in [0.3, 0.4) is 0 Å². The number of aliphatic hydroxyl groups excluding tert-OH is 2. The molecule has 5 nitrogen and oxygen atoms in total. The zero-order chi connectivity index (χ0) is 11.8. The SMILES string of the molecule is CC1(C)OC([C@H](O)CO)C([C@H]2NCCS2)O1. The van der Waals surface area contributed by atoms with Crippen molar-refractivity contribution in [3.8, 4) is 0 Å². The van der Waals surface area contributed by atoms with Gasteiger partial charge in [0.15, 0.2) is 5.79 Å². The van der Waals surface area contributed by atoms with Crippen LogP contribution in [0.2, 0.25) is 0 Å². The average molecular weight is 249 g/mol. The summed E-state index contributed by atoms with van der Waals surface area (Å²) in [7, 11) is 0. The van der Waals surface area contributed by atoms with Gasteiger partial charge in [0.1, 0.15) is 18.3 Å². The number of aliphatic hydroxyl groups is 2. The van der Waals surface area contributed by atoms with E-state index in [0.717, 1.165) is 12.3 Å². The van der Waals surface area contributed by atoms with Crippen molar-refractivity contribution in [2.24, 2.45) is 0 Å². The van der Waals surface area contributed by atoms with Gasteiger partial charge >= 0.3 is 0 Å². The van der Waals surface area contributed by atoms with Gasteiger partial charge in [-0.25, -0.2) is 0 Å². The molecule has 0 aromatic rings. The van der Waals surface area contributed by atoms with Gasteiger partial charge in [-0.2, -0.15) is 0 Å². The van der Waals surface area contributed by atoms with Gasteiger partial charge in [-0.3, -0.25) is 0 Å². The van der Waals surface area contributed by atoms with Gasteiger partial charge in [0.25, 0.3) is 0 Å². The van der Waals surface area contributed by atoms with Crippen molar-refractivity contribution < 1.29 is 19.7 Å². The summed E-state index contributed by atoms with van der Waals surface area (Å²) in [4.78, 5) is 0. The van der Waals surface area contributed by atoms with E-state index in [9.17, 15) is 5.11 Å². The van der Waals surface area contributed by atoms with Crippen LogP contribution in [0.4, 0.5) is 0 Å². The van der Waals surface area contributed by atoms with Crippen molar-refractivity contribution in [3.05, 3.63) is 0 Å². The third-order valence-electron chi connectivity index (χ3n) is 2.77. The molecule has 2 heterocycles. The van der Waals surface area contributed by atoms with Crippen LogP contribution in [0.5, 0.6) is 0 Å². The van der Waals surface area contributed by atoms with Crippen LogP contribution in [-0.2, 0) is 9.47 Å². The van der Waals surface area contributed by atoms with Crippen LogP contribution >= 0.6 is 11.8 Å². The monoisotopic (exact) mass is 249 g/mol. The molecule has 0 amide bonds. The van der Waals surface area contributed by atoms with Crippen molar-refractivity contribution >= 4 is 11.8 Å². The van der Waals surface area contributed by atoms with Gasteiger partial charge in [0, 0.05) is 12.3 Å². The summed E-state index contributed by atoms with van der Waals surface area (Å²) in [5.74, 6) is 0.337. The summed E-state index contributed by atoms with van der Waals surface area (Å²) in [5.41, 5.74) is 0. The minimum absolute atomic E-state index is 0.132. The molecule has 4 atom stereocenters. The fraction of sp³-hybridized carbons (Fsp3) is 1.00. The predicted octanol–water partition coefficient (Wildman–Crippen LogP) is -0.478. The molecule has 0 aliphatic carbocycles. The first-order valence-corrected chi connectivity index (χ1v) is 6.58. The highest BCUT2D eigenvalue weighted by molar-refractivity contribution is 8.00. The first kappa shape index (κ1) is 12.6. The van der Waals surface area contributed by atoms with E-state index in [4.69, 9.17) is 14.6 Å². The first-order valence-electron chi connectivity index (χ1n) is 5.53. The topological polar surface area (TPSA) is 71.0 Å². The van der Waals surface area contributed by atoms with E-state index >= 15 is 0 Å². The number of thioether (sulfide) groups is 1. The maximum Gasteiger partial charge on any atom is 0.164 e. The lowest BCUT2D eigenvalue weighted by molar-refractivity contribution is -0.157. The zero-order valence-corrected chi connectivity index (χ0v) is 10.4. The van der Waals surface area contributed by atoms with Gasteiger partial charge < -0.3 is 25.0 Å². The maximum absolute atomic E-state index is 9.73. The zero-order valence-electron chi connectivity index (χ0n) is 9.55. The second-order valence-electron chi connectivity index (χ2n) is 4.56. The Bertz CT molecular complexity index is 245. The summed E-state index contributed by atoms with van der Waals surface area (Å²) < 4.78 is 11.4. The Kier molecular flexibility index (Phi) is 3.78. The molecule has 2 aliphatic heterocycles. The van der Waals surface area contributed by atoms with Gasteiger partial charge in [-0.05, 0) is 13.8 Å². The molecule has 0 bridgehead atoms. The molecule has 0 saturated carbocycles. The molecule has 6 heteroatoms. The molecule has 3 N–H and O–H groups in total. The van der Waals surface area contributed by atoms with E-state index in [0.29, 0.717) is 0 Å². The number of hydrogen-bond acceptors (Lipinski definition) is 6. The average Bonchev–Trinajstić information content (AvgIpc) is 2.83. The molecule has 2 fully saturated rings. The van der Waals surface area contributed by atoms with Gasteiger partial charge in [0.05, 0.1) is 12.0 Å². The van der Waals surface area contributed by atoms with E-state index in [1.165, 1.54) is 0 Å². The van der Waals surface area contributed by atoms with Crippen molar-refractivity contribution in [2.75, 3.05) is 18.9 Å². The molecule has 2 rings (SSSR count). The molecule has 2 aliphatic rings. The van der Waals surface area contributed by atoms with Crippen molar-refractivity contribution in [1.82, 2.24) is 5.32 Å². The van der Waals surface area contributed by atoms with Crippen LogP contribution in [0, 0.1) is 0 Å². The van der Waals surface area contributed by atoms with Crippen LogP contribution in [0.15, 0.2) is 0 Å². The fourth-order valence-corrected chi connectivity index (χ4v) is 3.24. The Balaban J connectivity index is 2.07. The van der Waals surface area contributed by atoms with E-state index in [2.05, 4.69) is 5.32 Å². The van der Waals surface area contributed by atoms with Gasteiger partial charge in [-0.15, -0.1) is 11.8 Å². The summed E-state index contributed by atoms with van der Waals surface area (Å²) in [6.07, 6.45) is -1.58. The highest BCUT2D eigenvalue weighted by atomic mass is 32.2. The van der Waals surface area contributed by atoms with Crippen LogP contribution < -0.4 is 5.32 Å². The Hall–Kier alpha value is 0.150. The number of rotatable bonds is 3. The molecular weight excluding hydrogens is 230 g/mol. The lowest BCUT2D eigenvalue weighted by Crippen LogP contribution is -2.46. The molecule has 2 saturated heterocycles. The second kappa shape index (κ2) is 4.80. The predicted molar refractivity (Wildman–Crippen MR) is 61.2 cm³/mol. The van der Waals surface area contributed by atoms with Crippen molar-refractivity contribution in [2.45, 2.75) is 43.3 Å². The highest BCUT2D eigenvalue weighted by Crippen LogP contribution is 2.35. The quantitative estimate of drug-likeness (QED) is 0.628. The third kappa shape index (κ3) is 2.52. The normalized spacial score (nSPS) is 40.1. The Morgan fingerprint density at radius 1 is 1.50 bits per heavy atom. The number of ether oxygens (including phenoxy) is 2. The minimum atomic E-state index is -0.894. The van der Waals surface area contributed by atoms with Gasteiger partial charge in [0.2, 0.25) is 0 Å². The molecular formula is C10H19NO4S. The molecule has 94 valence electrons. The highest BCUT2D eigenvalue weighted by Gasteiger charge is 2.48. The lowest BCUT2D eigenvalue weighted by Gasteiger charge is -2.24. The smallest absolute Gasteiger partial charge is 0.164 e. The molecule has 0 radical (unpaired) electrons. The maximum atomic E-state index is 9.73. The summed E-state index contributed by atoms with van der Waals surface area (Å²) in [6.45, 7) is 4.28. The Morgan fingerprint density at radius 2 is 2.25 bits per heavy atom. The summed E-state index contributed by atoms with van der Waals surface area (Å²) >= 11 is 1.76. The van der Waals surface area contributed by atoms with E-state index in [1.54, 1.807) is 11.8 Å². The first-order chi connectivity index (χ1) is 7.53. The Labute approximate surface area is 99.5 Å². The summed E-state index contributed by atoms with van der Waals surface area (Å²) in [5, 5.41) is 22.2. The number of nitrogens with one attached hydrogen (secondary N) is 1. The molecule has 2 unspecified atom stereocenters.